The van der Waals surface area contributed by atoms with E-state index in [2.05, 4.69) is 9.47 Å². The SMILES string of the molecule is CC(OCCCCCCCCCOC(C)C(F)(F)F)C(F)(F)F. The second-order valence-electron chi connectivity index (χ2n) is 5.58. The highest BCUT2D eigenvalue weighted by Gasteiger charge is 2.37. The van der Waals surface area contributed by atoms with E-state index in [-0.39, 0.29) is 13.2 Å². The van der Waals surface area contributed by atoms with Crippen LogP contribution in [0.15, 0.2) is 0 Å². The highest BCUT2D eigenvalue weighted by atomic mass is 19.4. The van der Waals surface area contributed by atoms with Crippen LogP contribution < -0.4 is 0 Å². The lowest BCUT2D eigenvalue weighted by Gasteiger charge is -2.16. The predicted octanol–water partition coefficient (Wildman–Crippen LogP) is 5.65. The van der Waals surface area contributed by atoms with Gasteiger partial charge in [0.2, 0.25) is 0 Å². The summed E-state index contributed by atoms with van der Waals surface area (Å²) in [6, 6.07) is 0. The van der Waals surface area contributed by atoms with Crippen LogP contribution in [0.2, 0.25) is 0 Å². The molecule has 8 heteroatoms. The van der Waals surface area contributed by atoms with Crippen LogP contribution in [0.1, 0.15) is 58.8 Å². The molecule has 0 aromatic rings. The molecule has 23 heavy (non-hydrogen) atoms. The van der Waals surface area contributed by atoms with Crippen molar-refractivity contribution in [2.24, 2.45) is 0 Å². The fraction of sp³-hybridized carbons (Fsp3) is 1.00. The van der Waals surface area contributed by atoms with Crippen LogP contribution in [-0.4, -0.2) is 37.8 Å². The van der Waals surface area contributed by atoms with Crippen LogP contribution in [0.3, 0.4) is 0 Å². The van der Waals surface area contributed by atoms with Crippen LogP contribution in [0.5, 0.6) is 0 Å². The molecule has 0 aromatic heterocycles. The molecule has 0 spiro atoms. The van der Waals surface area contributed by atoms with Gasteiger partial charge in [-0.25, -0.2) is 0 Å². The summed E-state index contributed by atoms with van der Waals surface area (Å²) < 4.78 is 82.2. The first-order chi connectivity index (χ1) is 10.5. The van der Waals surface area contributed by atoms with Gasteiger partial charge in [0.15, 0.2) is 12.2 Å². The molecule has 0 aromatic carbocycles. The van der Waals surface area contributed by atoms with Gasteiger partial charge in [-0.15, -0.1) is 0 Å². The van der Waals surface area contributed by atoms with Crippen LogP contribution in [0.4, 0.5) is 26.3 Å². The fourth-order valence-electron chi connectivity index (χ4n) is 1.80. The quantitative estimate of drug-likeness (QED) is 0.334. The first-order valence-corrected chi connectivity index (χ1v) is 7.91. The second-order valence-corrected chi connectivity index (χ2v) is 5.58. The zero-order valence-electron chi connectivity index (χ0n) is 13.6. The minimum absolute atomic E-state index is 0.0872. The Bertz CT molecular complexity index is 263. The third-order valence-electron chi connectivity index (χ3n) is 3.45. The maximum atomic E-state index is 12.1. The van der Waals surface area contributed by atoms with E-state index in [9.17, 15) is 26.3 Å². The lowest BCUT2D eigenvalue weighted by molar-refractivity contribution is -0.214. The van der Waals surface area contributed by atoms with Crippen molar-refractivity contribution in [1.82, 2.24) is 0 Å². The monoisotopic (exact) mass is 352 g/mol. The molecule has 2 atom stereocenters. The van der Waals surface area contributed by atoms with Gasteiger partial charge in [-0.1, -0.05) is 32.1 Å². The summed E-state index contributed by atoms with van der Waals surface area (Å²) in [7, 11) is 0. The number of alkyl halides is 6. The van der Waals surface area contributed by atoms with E-state index in [1.54, 1.807) is 0 Å². The van der Waals surface area contributed by atoms with E-state index in [0.29, 0.717) is 12.8 Å². The number of unbranched alkanes of at least 4 members (excludes halogenated alkanes) is 6. The second kappa shape index (κ2) is 11.1. The van der Waals surface area contributed by atoms with Crippen molar-refractivity contribution >= 4 is 0 Å². The van der Waals surface area contributed by atoms with Crippen LogP contribution in [-0.2, 0) is 9.47 Å². The summed E-state index contributed by atoms with van der Waals surface area (Å²) in [6.07, 6.45) is -6.71. The maximum Gasteiger partial charge on any atom is 0.414 e. The summed E-state index contributed by atoms with van der Waals surface area (Å²) >= 11 is 0. The van der Waals surface area contributed by atoms with Crippen molar-refractivity contribution in [2.75, 3.05) is 13.2 Å². The van der Waals surface area contributed by atoms with Gasteiger partial charge < -0.3 is 9.47 Å². The Morgan fingerprint density at radius 1 is 0.565 bits per heavy atom. The molecular formula is C15H26F6O2. The number of halogens is 6. The van der Waals surface area contributed by atoms with Crippen LogP contribution in [0.25, 0.3) is 0 Å². The van der Waals surface area contributed by atoms with E-state index in [4.69, 9.17) is 0 Å². The number of ether oxygens (including phenoxy) is 2. The molecule has 0 aliphatic carbocycles. The zero-order valence-corrected chi connectivity index (χ0v) is 13.6. The van der Waals surface area contributed by atoms with Crippen molar-refractivity contribution in [1.29, 1.82) is 0 Å². The van der Waals surface area contributed by atoms with Crippen molar-refractivity contribution < 1.29 is 35.8 Å². The molecule has 0 bridgehead atoms. The summed E-state index contributed by atoms with van der Waals surface area (Å²) in [5, 5.41) is 0. The van der Waals surface area contributed by atoms with Gasteiger partial charge in [-0.2, -0.15) is 26.3 Å². The topological polar surface area (TPSA) is 18.5 Å². The molecule has 0 fully saturated rings. The Morgan fingerprint density at radius 2 is 0.826 bits per heavy atom. The third-order valence-corrected chi connectivity index (χ3v) is 3.45. The zero-order chi connectivity index (χ0) is 17.9. The molecule has 0 heterocycles. The van der Waals surface area contributed by atoms with Gasteiger partial charge in [0, 0.05) is 13.2 Å². The van der Waals surface area contributed by atoms with E-state index in [1.165, 1.54) is 0 Å². The first kappa shape index (κ1) is 22.5. The molecule has 0 aliphatic heterocycles. The van der Waals surface area contributed by atoms with E-state index < -0.39 is 24.6 Å². The Hall–Kier alpha value is -0.500. The van der Waals surface area contributed by atoms with Gasteiger partial charge in [0.25, 0.3) is 0 Å². The normalized spacial score (nSPS) is 15.7. The van der Waals surface area contributed by atoms with Crippen molar-refractivity contribution in [3.05, 3.63) is 0 Å². The smallest absolute Gasteiger partial charge is 0.369 e. The van der Waals surface area contributed by atoms with E-state index in [0.717, 1.165) is 46.0 Å². The standard InChI is InChI=1S/C15H26F6O2/c1-12(14(16,17)18)22-10-8-6-4-3-5-7-9-11-23-13(2)15(19,20)21/h12-13H,3-11H2,1-2H3. The summed E-state index contributed by atoms with van der Waals surface area (Å²) in [6.45, 7) is 2.15. The molecule has 140 valence electrons. The minimum atomic E-state index is -4.31. The summed E-state index contributed by atoms with van der Waals surface area (Å²) in [4.78, 5) is 0. The highest BCUT2D eigenvalue weighted by Crippen LogP contribution is 2.23. The fourth-order valence-corrected chi connectivity index (χ4v) is 1.80. The lowest BCUT2D eigenvalue weighted by Crippen LogP contribution is -2.28. The van der Waals surface area contributed by atoms with Gasteiger partial charge in [0.05, 0.1) is 0 Å². The Morgan fingerprint density at radius 3 is 1.09 bits per heavy atom. The highest BCUT2D eigenvalue weighted by molar-refractivity contribution is 4.61. The van der Waals surface area contributed by atoms with E-state index >= 15 is 0 Å². The maximum absolute atomic E-state index is 12.1. The molecule has 0 saturated heterocycles. The molecule has 0 saturated carbocycles. The van der Waals surface area contributed by atoms with Gasteiger partial charge in [-0.05, 0) is 26.7 Å². The number of hydrogen-bond donors (Lipinski definition) is 0. The number of rotatable bonds is 12. The average molecular weight is 352 g/mol. The molecular weight excluding hydrogens is 326 g/mol. The molecule has 2 unspecified atom stereocenters. The Labute approximate surface area is 133 Å². The minimum Gasteiger partial charge on any atom is -0.369 e. The van der Waals surface area contributed by atoms with Gasteiger partial charge in [0.1, 0.15) is 0 Å². The lowest BCUT2D eigenvalue weighted by atomic mass is 10.1. The van der Waals surface area contributed by atoms with Crippen LogP contribution >= 0.6 is 0 Å². The Balaban J connectivity index is 3.32. The predicted molar refractivity (Wildman–Crippen MR) is 75.3 cm³/mol. The number of hydrogen-bond acceptors (Lipinski definition) is 2. The molecule has 0 aliphatic rings. The van der Waals surface area contributed by atoms with Gasteiger partial charge >= 0.3 is 12.4 Å². The average Bonchev–Trinajstić information content (AvgIpc) is 2.42. The van der Waals surface area contributed by atoms with Crippen molar-refractivity contribution in [2.45, 2.75) is 83.4 Å². The van der Waals surface area contributed by atoms with Crippen LogP contribution in [0, 0.1) is 0 Å². The van der Waals surface area contributed by atoms with Crippen molar-refractivity contribution in [3.63, 3.8) is 0 Å². The third kappa shape index (κ3) is 12.6. The Kier molecular flexibility index (Phi) is 10.9. The first-order valence-electron chi connectivity index (χ1n) is 7.91. The summed E-state index contributed by atoms with van der Waals surface area (Å²) in [5.74, 6) is 0. The van der Waals surface area contributed by atoms with Crippen molar-refractivity contribution in [3.8, 4) is 0 Å². The molecule has 0 amide bonds. The molecule has 0 rings (SSSR count). The molecule has 0 radical (unpaired) electrons. The molecule has 0 N–H and O–H groups in total. The van der Waals surface area contributed by atoms with E-state index in [1.807, 2.05) is 0 Å². The largest absolute Gasteiger partial charge is 0.414 e. The van der Waals surface area contributed by atoms with Gasteiger partial charge in [-0.3, -0.25) is 0 Å². The summed E-state index contributed by atoms with van der Waals surface area (Å²) in [5.41, 5.74) is 0. The molecule has 2 nitrogen and oxygen atoms in total.